The van der Waals surface area contributed by atoms with E-state index >= 15 is 0 Å². The Morgan fingerprint density at radius 1 is 0.971 bits per heavy atom. The third-order valence-corrected chi connectivity index (χ3v) is 4.72. The van der Waals surface area contributed by atoms with Crippen LogP contribution in [0.25, 0.3) is 0 Å². The summed E-state index contributed by atoms with van der Waals surface area (Å²) in [7, 11) is 1.04. The van der Waals surface area contributed by atoms with E-state index in [1.165, 1.54) is 6.92 Å². The Kier molecular flexibility index (Phi) is 11.6. The Morgan fingerprint density at radius 2 is 1.56 bits per heavy atom. The zero-order chi connectivity index (χ0) is 25.8. The highest BCUT2D eigenvalue weighted by Gasteiger charge is 2.33. The Labute approximate surface area is 196 Å². The van der Waals surface area contributed by atoms with Crippen molar-refractivity contribution in [3.8, 4) is 0 Å². The summed E-state index contributed by atoms with van der Waals surface area (Å²) < 4.78 is 4.44. The molecule has 0 aromatic heterocycles. The van der Waals surface area contributed by atoms with Crippen LogP contribution >= 0.6 is 0 Å². The predicted molar refractivity (Wildman–Crippen MR) is 119 cm³/mol. The van der Waals surface area contributed by atoms with Crippen molar-refractivity contribution in [2.24, 2.45) is 11.5 Å². The van der Waals surface area contributed by atoms with Gasteiger partial charge in [-0.25, -0.2) is 4.79 Å². The molecule has 34 heavy (non-hydrogen) atoms. The van der Waals surface area contributed by atoms with Gasteiger partial charge in [-0.2, -0.15) is 0 Å². The molecule has 1 aromatic carbocycles. The van der Waals surface area contributed by atoms with Crippen molar-refractivity contribution in [3.63, 3.8) is 0 Å². The second kappa shape index (κ2) is 13.9. The molecule has 13 nitrogen and oxygen atoms in total. The van der Waals surface area contributed by atoms with E-state index in [1.807, 2.05) is 0 Å². The number of aliphatic hydroxyl groups is 2. The van der Waals surface area contributed by atoms with Gasteiger partial charge in [0.25, 0.3) is 0 Å². The fraction of sp³-hybridized carbons (Fsp3) is 0.476. The smallest absolute Gasteiger partial charge is 0.330 e. The molecule has 0 bridgehead atoms. The first-order valence-corrected chi connectivity index (χ1v) is 10.4. The first-order valence-electron chi connectivity index (χ1n) is 10.4. The van der Waals surface area contributed by atoms with E-state index < -0.39 is 72.9 Å². The third kappa shape index (κ3) is 9.13. The summed E-state index contributed by atoms with van der Waals surface area (Å²) in [6.07, 6.45) is -1.89. The van der Waals surface area contributed by atoms with Crippen LogP contribution in [-0.2, 0) is 35.1 Å². The molecule has 1 rings (SSSR count). The Bertz CT molecular complexity index is 864. The van der Waals surface area contributed by atoms with E-state index in [4.69, 9.17) is 11.5 Å². The molecule has 0 unspecified atom stereocenters. The Morgan fingerprint density at radius 3 is 2.06 bits per heavy atom. The Hall–Kier alpha value is -3.55. The molecule has 188 valence electrons. The minimum absolute atomic E-state index is 0.170. The monoisotopic (exact) mass is 481 g/mol. The molecular weight excluding hydrogens is 450 g/mol. The number of ether oxygens (including phenoxy) is 1. The van der Waals surface area contributed by atoms with Crippen LogP contribution in [0.2, 0.25) is 0 Å². The maximum atomic E-state index is 12.7. The lowest BCUT2D eigenvalue weighted by Crippen LogP contribution is -2.60. The summed E-state index contributed by atoms with van der Waals surface area (Å²) in [5.74, 6) is -4.67. The highest BCUT2D eigenvalue weighted by Crippen LogP contribution is 2.04. The number of amides is 4. The third-order valence-electron chi connectivity index (χ3n) is 4.72. The van der Waals surface area contributed by atoms with Gasteiger partial charge in [-0.3, -0.25) is 19.2 Å². The molecule has 0 aliphatic carbocycles. The van der Waals surface area contributed by atoms with Crippen LogP contribution in [0.5, 0.6) is 0 Å². The molecule has 4 amide bonds. The van der Waals surface area contributed by atoms with Crippen LogP contribution in [-0.4, -0.2) is 83.8 Å². The number of esters is 1. The van der Waals surface area contributed by atoms with Crippen LogP contribution in [0.3, 0.4) is 0 Å². The Balaban J connectivity index is 2.91. The molecule has 0 aliphatic rings. The maximum Gasteiger partial charge on any atom is 0.330 e. The van der Waals surface area contributed by atoms with Crippen molar-refractivity contribution in [3.05, 3.63) is 35.9 Å². The lowest BCUT2D eigenvalue weighted by Gasteiger charge is -2.26. The molecule has 0 spiro atoms. The van der Waals surface area contributed by atoms with Gasteiger partial charge in [-0.05, 0) is 18.9 Å². The van der Waals surface area contributed by atoms with Crippen molar-refractivity contribution in [2.75, 3.05) is 13.7 Å². The number of primary amides is 1. The average molecular weight is 482 g/mol. The zero-order valence-electron chi connectivity index (χ0n) is 18.9. The number of hydrogen-bond donors (Lipinski definition) is 7. The molecule has 1 aromatic rings. The second-order valence-electron chi connectivity index (χ2n) is 7.52. The minimum atomic E-state index is -1.57. The highest BCUT2D eigenvalue weighted by molar-refractivity contribution is 5.96. The highest BCUT2D eigenvalue weighted by atomic mass is 16.5. The lowest BCUT2D eigenvalue weighted by molar-refractivity contribution is -0.146. The number of carbonyl (C=O) groups is 5. The summed E-state index contributed by atoms with van der Waals surface area (Å²) in [5, 5.41) is 25.9. The summed E-state index contributed by atoms with van der Waals surface area (Å²) >= 11 is 0. The summed E-state index contributed by atoms with van der Waals surface area (Å²) in [6.45, 7) is 0.427. The van der Waals surface area contributed by atoms with Gasteiger partial charge in [0.2, 0.25) is 23.6 Å². The number of nitrogens with one attached hydrogen (secondary N) is 3. The number of rotatable bonds is 13. The molecule has 9 N–H and O–H groups in total. The molecule has 0 saturated carbocycles. The van der Waals surface area contributed by atoms with Crippen molar-refractivity contribution in [1.29, 1.82) is 0 Å². The predicted octanol–water partition coefficient (Wildman–Crippen LogP) is -3.57. The average Bonchev–Trinajstić information content (AvgIpc) is 2.79. The largest absolute Gasteiger partial charge is 0.467 e. The molecule has 0 heterocycles. The van der Waals surface area contributed by atoms with E-state index in [0.29, 0.717) is 0 Å². The number of hydrogen-bond acceptors (Lipinski definition) is 9. The molecule has 0 saturated heterocycles. The SMILES string of the molecule is COC(=O)[C@H](CO)NC(=O)[C@H](CC(N)=O)NC(=O)[C@@H](NC(=O)[C@@H](N)Cc1ccccc1)[C@@H](C)O. The first kappa shape index (κ1) is 28.5. The maximum absolute atomic E-state index is 12.7. The molecular formula is C21H31N5O8. The van der Waals surface area contributed by atoms with E-state index in [9.17, 15) is 34.2 Å². The van der Waals surface area contributed by atoms with Gasteiger partial charge in [0, 0.05) is 0 Å². The number of carbonyl (C=O) groups excluding carboxylic acids is 5. The molecule has 5 atom stereocenters. The second-order valence-corrected chi connectivity index (χ2v) is 7.52. The van der Waals surface area contributed by atoms with Gasteiger partial charge in [-0.1, -0.05) is 30.3 Å². The lowest BCUT2D eigenvalue weighted by atomic mass is 10.0. The number of benzene rings is 1. The zero-order valence-corrected chi connectivity index (χ0v) is 18.9. The molecule has 0 aliphatic heterocycles. The van der Waals surface area contributed by atoms with Crippen molar-refractivity contribution >= 4 is 29.6 Å². The number of aliphatic hydroxyl groups excluding tert-OH is 2. The van der Waals surface area contributed by atoms with Gasteiger partial charge in [0.15, 0.2) is 6.04 Å². The fourth-order valence-corrected chi connectivity index (χ4v) is 2.89. The van der Waals surface area contributed by atoms with E-state index in [1.54, 1.807) is 30.3 Å². The van der Waals surface area contributed by atoms with Gasteiger partial charge < -0.3 is 42.4 Å². The van der Waals surface area contributed by atoms with Gasteiger partial charge in [0.1, 0.15) is 12.1 Å². The summed E-state index contributed by atoms with van der Waals surface area (Å²) in [4.78, 5) is 60.7. The van der Waals surface area contributed by atoms with E-state index in [2.05, 4.69) is 20.7 Å². The van der Waals surface area contributed by atoms with Gasteiger partial charge in [0.05, 0.1) is 32.3 Å². The van der Waals surface area contributed by atoms with Crippen LogP contribution in [0, 0.1) is 0 Å². The normalized spacial score (nSPS) is 15.1. The first-order chi connectivity index (χ1) is 16.0. The van der Waals surface area contributed by atoms with Crippen molar-refractivity contribution in [1.82, 2.24) is 16.0 Å². The van der Waals surface area contributed by atoms with E-state index in [-0.39, 0.29) is 6.42 Å². The van der Waals surface area contributed by atoms with Crippen molar-refractivity contribution in [2.45, 2.75) is 50.0 Å². The quantitative estimate of drug-likeness (QED) is 0.138. The number of methoxy groups -OCH3 is 1. The van der Waals surface area contributed by atoms with E-state index in [0.717, 1.165) is 12.7 Å². The van der Waals surface area contributed by atoms with Gasteiger partial charge in [-0.15, -0.1) is 0 Å². The number of nitrogens with two attached hydrogens (primary N) is 2. The molecule has 0 fully saturated rings. The standard InChI is InChI=1S/C21H31N5O8/c1-11(28)17(26-18(30)13(22)8-12-6-4-3-5-7-12)20(32)24-14(9-16(23)29)19(31)25-15(10-27)21(33)34-2/h3-7,11,13-15,17,27-28H,8-10,22H2,1-2H3,(H2,23,29)(H,24,32)(H,25,31)(H,26,30)/t11-,13+,14+,15+,17+/m1/s1. The minimum Gasteiger partial charge on any atom is -0.467 e. The topological polar surface area (TPSA) is 223 Å². The summed E-state index contributed by atoms with van der Waals surface area (Å²) in [5.41, 5.74) is 11.8. The van der Waals surface area contributed by atoms with Crippen LogP contribution < -0.4 is 27.4 Å². The van der Waals surface area contributed by atoms with Gasteiger partial charge >= 0.3 is 5.97 Å². The molecule has 0 radical (unpaired) electrons. The molecule has 13 heteroatoms. The van der Waals surface area contributed by atoms with Crippen molar-refractivity contribution < 1.29 is 38.9 Å². The fourth-order valence-electron chi connectivity index (χ4n) is 2.89. The van der Waals surface area contributed by atoms with Crippen LogP contribution in [0.4, 0.5) is 0 Å². The summed E-state index contributed by atoms with van der Waals surface area (Å²) in [6, 6.07) is 3.32. The van der Waals surface area contributed by atoms with Crippen LogP contribution in [0.1, 0.15) is 18.9 Å². The van der Waals surface area contributed by atoms with Crippen LogP contribution in [0.15, 0.2) is 30.3 Å².